The van der Waals surface area contributed by atoms with Crippen molar-refractivity contribution in [1.82, 2.24) is 10.2 Å². The lowest BCUT2D eigenvalue weighted by Crippen LogP contribution is -2.09. The van der Waals surface area contributed by atoms with E-state index < -0.39 is 17.9 Å². The van der Waals surface area contributed by atoms with Crippen molar-refractivity contribution < 1.29 is 29.7 Å². The molecule has 0 radical (unpaired) electrons. The van der Waals surface area contributed by atoms with Crippen LogP contribution in [0.4, 0.5) is 0 Å². The fraction of sp³-hybridized carbons (Fsp3) is 0. The molecule has 0 bridgehead atoms. The van der Waals surface area contributed by atoms with Crippen molar-refractivity contribution in [3.8, 4) is 0 Å². The van der Waals surface area contributed by atoms with Crippen LogP contribution in [0.1, 0.15) is 10.5 Å². The van der Waals surface area contributed by atoms with Gasteiger partial charge in [-0.15, -0.1) is 0 Å². The first kappa shape index (κ1) is 11.6. The maximum atomic E-state index is 9.99. The molecule has 0 aliphatic rings. The molecule has 0 aliphatic carbocycles. The Hall–Kier alpha value is -2.38. The highest BCUT2D eigenvalue weighted by atomic mass is 16.4. The summed E-state index contributed by atoms with van der Waals surface area (Å²) in [5, 5.41) is 28.7. The minimum Gasteiger partial charge on any atom is -0.477 e. The number of carboxylic acid groups (broad SMARTS) is 3. The van der Waals surface area contributed by atoms with Gasteiger partial charge in [-0.05, 0) is 6.07 Å². The van der Waals surface area contributed by atoms with E-state index in [1.165, 1.54) is 12.3 Å². The number of hydrogen-bond acceptors (Lipinski definition) is 4. The number of aromatic carboxylic acids is 1. The third-order valence-corrected chi connectivity index (χ3v) is 0.914. The van der Waals surface area contributed by atoms with Crippen LogP contribution < -0.4 is 0 Å². The number of carbonyl (C=O) groups is 3. The number of hydrogen-bond donors (Lipinski definition) is 4. The van der Waals surface area contributed by atoms with Gasteiger partial charge in [0.05, 0.1) is 0 Å². The summed E-state index contributed by atoms with van der Waals surface area (Å²) in [5.74, 6) is -4.63. The fourth-order valence-electron chi connectivity index (χ4n) is 0.375. The maximum absolute atomic E-state index is 9.99. The Balaban J connectivity index is 0.000000255. The van der Waals surface area contributed by atoms with Crippen LogP contribution in [0.5, 0.6) is 0 Å². The lowest BCUT2D eigenvalue weighted by Gasteiger charge is -1.79. The van der Waals surface area contributed by atoms with Gasteiger partial charge in [0, 0.05) is 6.20 Å². The number of aliphatic carboxylic acids is 2. The number of aromatic amines is 1. The van der Waals surface area contributed by atoms with Gasteiger partial charge in [-0.25, -0.2) is 14.4 Å². The Morgan fingerprint density at radius 1 is 1.14 bits per heavy atom. The molecule has 8 nitrogen and oxygen atoms in total. The highest BCUT2D eigenvalue weighted by molar-refractivity contribution is 6.27. The van der Waals surface area contributed by atoms with E-state index in [1.807, 2.05) is 0 Å². The molecule has 1 aromatic rings. The molecular formula is C6H6N2O6. The molecule has 1 heterocycles. The number of H-pyrrole nitrogens is 1. The molecule has 0 atom stereocenters. The molecule has 8 heteroatoms. The first-order valence-electron chi connectivity index (χ1n) is 3.14. The Labute approximate surface area is 76.8 Å². The van der Waals surface area contributed by atoms with Gasteiger partial charge in [-0.1, -0.05) is 0 Å². The molecule has 1 aromatic heterocycles. The van der Waals surface area contributed by atoms with Crippen LogP contribution >= 0.6 is 0 Å². The molecule has 0 spiro atoms. The lowest BCUT2D eigenvalue weighted by atomic mass is 10.5. The quantitative estimate of drug-likeness (QED) is 0.439. The van der Waals surface area contributed by atoms with Crippen molar-refractivity contribution in [3.05, 3.63) is 18.0 Å². The molecule has 0 fully saturated rings. The minimum absolute atomic E-state index is 0.116. The maximum Gasteiger partial charge on any atom is 0.414 e. The topological polar surface area (TPSA) is 141 Å². The van der Waals surface area contributed by atoms with Crippen molar-refractivity contribution >= 4 is 17.9 Å². The second-order valence-corrected chi connectivity index (χ2v) is 1.89. The highest BCUT2D eigenvalue weighted by Gasteiger charge is 2.04. The summed E-state index contributed by atoms with van der Waals surface area (Å²) in [5.41, 5.74) is 0.116. The number of carboxylic acids is 3. The standard InChI is InChI=1S/C4H4N2O2.C2H2O4/c7-4(8)3-1-2-5-6-3;3-1(4)2(5)6/h1-2H,(H,5,6)(H,7,8);(H,3,4)(H,5,6). The third-order valence-electron chi connectivity index (χ3n) is 0.914. The van der Waals surface area contributed by atoms with Crippen LogP contribution in [0.15, 0.2) is 12.3 Å². The SMILES string of the molecule is O=C(O)C(=O)O.O=C(O)c1ccn[nH]1. The van der Waals surface area contributed by atoms with E-state index in [2.05, 4.69) is 10.2 Å². The van der Waals surface area contributed by atoms with Crippen LogP contribution in [-0.2, 0) is 9.59 Å². The Bertz CT molecular complexity index is 318. The minimum atomic E-state index is -1.82. The van der Waals surface area contributed by atoms with E-state index in [-0.39, 0.29) is 5.69 Å². The molecule has 0 saturated carbocycles. The monoisotopic (exact) mass is 202 g/mol. The van der Waals surface area contributed by atoms with Gasteiger partial charge in [-0.2, -0.15) is 5.10 Å². The van der Waals surface area contributed by atoms with Crippen LogP contribution in [0.2, 0.25) is 0 Å². The molecule has 14 heavy (non-hydrogen) atoms. The molecule has 1 rings (SSSR count). The molecule has 0 aromatic carbocycles. The fourth-order valence-corrected chi connectivity index (χ4v) is 0.375. The summed E-state index contributed by atoms with van der Waals surface area (Å²) in [7, 11) is 0. The first-order valence-corrected chi connectivity index (χ1v) is 3.14. The zero-order valence-electron chi connectivity index (χ0n) is 6.67. The first-order chi connectivity index (χ1) is 6.45. The number of nitrogens with one attached hydrogen (secondary N) is 1. The Kier molecular flexibility index (Phi) is 4.40. The van der Waals surface area contributed by atoms with Crippen LogP contribution in [0, 0.1) is 0 Å². The van der Waals surface area contributed by atoms with E-state index in [0.717, 1.165) is 0 Å². The zero-order valence-corrected chi connectivity index (χ0v) is 6.67. The summed E-state index contributed by atoms with van der Waals surface area (Å²) in [6, 6.07) is 1.39. The second kappa shape index (κ2) is 5.30. The van der Waals surface area contributed by atoms with Crippen LogP contribution in [-0.4, -0.2) is 43.4 Å². The normalized spacial score (nSPS) is 8.29. The van der Waals surface area contributed by atoms with Gasteiger partial charge in [0.1, 0.15) is 5.69 Å². The van der Waals surface area contributed by atoms with Crippen molar-refractivity contribution in [1.29, 1.82) is 0 Å². The van der Waals surface area contributed by atoms with Gasteiger partial charge in [0.15, 0.2) is 0 Å². The van der Waals surface area contributed by atoms with E-state index in [9.17, 15) is 4.79 Å². The van der Waals surface area contributed by atoms with Crippen molar-refractivity contribution in [2.75, 3.05) is 0 Å². The largest absolute Gasteiger partial charge is 0.477 e. The summed E-state index contributed by atoms with van der Waals surface area (Å²) in [6.45, 7) is 0. The van der Waals surface area contributed by atoms with Crippen molar-refractivity contribution in [3.63, 3.8) is 0 Å². The molecule has 76 valence electrons. The number of nitrogens with zero attached hydrogens (tertiary/aromatic N) is 1. The van der Waals surface area contributed by atoms with E-state index in [4.69, 9.17) is 24.9 Å². The second-order valence-electron chi connectivity index (χ2n) is 1.89. The zero-order chi connectivity index (χ0) is 11.1. The molecular weight excluding hydrogens is 196 g/mol. The predicted octanol–water partition coefficient (Wildman–Crippen LogP) is -0.736. The van der Waals surface area contributed by atoms with E-state index >= 15 is 0 Å². The van der Waals surface area contributed by atoms with E-state index in [1.54, 1.807) is 0 Å². The van der Waals surface area contributed by atoms with Gasteiger partial charge >= 0.3 is 17.9 Å². The molecule has 4 N–H and O–H groups in total. The van der Waals surface area contributed by atoms with Gasteiger partial charge in [0.2, 0.25) is 0 Å². The summed E-state index contributed by atoms with van der Waals surface area (Å²) in [4.78, 5) is 28.2. The van der Waals surface area contributed by atoms with Crippen molar-refractivity contribution in [2.24, 2.45) is 0 Å². The average Bonchev–Trinajstić information content (AvgIpc) is 2.56. The number of aromatic nitrogens is 2. The molecule has 0 unspecified atom stereocenters. The highest BCUT2D eigenvalue weighted by Crippen LogP contribution is 1.87. The van der Waals surface area contributed by atoms with Crippen LogP contribution in [0.3, 0.4) is 0 Å². The molecule has 0 aliphatic heterocycles. The smallest absolute Gasteiger partial charge is 0.414 e. The summed E-state index contributed by atoms with van der Waals surface area (Å²) >= 11 is 0. The predicted molar refractivity (Wildman–Crippen MR) is 40.8 cm³/mol. The van der Waals surface area contributed by atoms with Gasteiger partial charge < -0.3 is 15.3 Å². The average molecular weight is 202 g/mol. The Morgan fingerprint density at radius 3 is 1.79 bits per heavy atom. The summed E-state index contributed by atoms with van der Waals surface area (Å²) < 4.78 is 0. The molecule has 0 amide bonds. The van der Waals surface area contributed by atoms with Crippen molar-refractivity contribution in [2.45, 2.75) is 0 Å². The molecule has 0 saturated heterocycles. The van der Waals surface area contributed by atoms with Crippen LogP contribution in [0.25, 0.3) is 0 Å². The number of rotatable bonds is 1. The van der Waals surface area contributed by atoms with Gasteiger partial charge in [0.25, 0.3) is 0 Å². The third kappa shape index (κ3) is 4.49. The van der Waals surface area contributed by atoms with Gasteiger partial charge in [-0.3, -0.25) is 5.10 Å². The lowest BCUT2D eigenvalue weighted by molar-refractivity contribution is -0.159. The Morgan fingerprint density at radius 2 is 1.64 bits per heavy atom. The van der Waals surface area contributed by atoms with E-state index in [0.29, 0.717) is 0 Å². The summed E-state index contributed by atoms with van der Waals surface area (Å²) in [6.07, 6.45) is 1.39.